The van der Waals surface area contributed by atoms with E-state index >= 15 is 0 Å². The van der Waals surface area contributed by atoms with Crippen LogP contribution in [0.1, 0.15) is 44.7 Å². The number of rotatable bonds is 17. The number of nitrogens with one attached hydrogen (secondary N) is 4. The number of carbonyl (C=O) groups excluding carboxylic acids is 3. The Bertz CT molecular complexity index is 872. The molecule has 0 spiro atoms. The molecule has 1 aromatic heterocycles. The number of carboxylic acids is 1. The molecule has 1 rings (SSSR count). The Balaban J connectivity index is 2.81. The molecule has 4 unspecified atom stereocenters. The first-order chi connectivity index (χ1) is 17.0. The zero-order chi connectivity index (χ0) is 27.1. The summed E-state index contributed by atoms with van der Waals surface area (Å²) in [6.45, 7) is 2.14. The number of imidazole rings is 1. The molecule has 1 heterocycles. The standard InChI is InChI=1S/C21H38N10O5/c1-12(29-18(33)14(23)5-2-3-7-22)17(32)31-16(9-13-10-26-11-28-13)19(34)30-15(20(35)36)6-4-8-27-21(24)25/h10-12,14-16H,2-9,22-23H2,1H3,(H,26,28)(H,29,33)(H,30,34)(H,31,32)(H,35,36)(H4,24,25,27). The summed E-state index contributed by atoms with van der Waals surface area (Å²) in [5.74, 6) is -3.23. The minimum Gasteiger partial charge on any atom is -0.480 e. The van der Waals surface area contributed by atoms with E-state index in [4.69, 9.17) is 22.9 Å². The number of hydrogen-bond donors (Lipinski definition) is 9. The Kier molecular flexibility index (Phi) is 13.5. The van der Waals surface area contributed by atoms with Crippen molar-refractivity contribution in [3.63, 3.8) is 0 Å². The number of unbranched alkanes of at least 4 members (excludes halogenated alkanes) is 1. The van der Waals surface area contributed by atoms with Crippen LogP contribution in [0.5, 0.6) is 0 Å². The summed E-state index contributed by atoms with van der Waals surface area (Å²) in [5.41, 5.74) is 22.3. The van der Waals surface area contributed by atoms with Crippen LogP contribution in [0.2, 0.25) is 0 Å². The Labute approximate surface area is 209 Å². The number of aliphatic imine (C=N–C) groups is 1. The second-order valence-electron chi connectivity index (χ2n) is 8.31. The highest BCUT2D eigenvalue weighted by molar-refractivity contribution is 5.94. The molecule has 36 heavy (non-hydrogen) atoms. The van der Waals surface area contributed by atoms with E-state index in [2.05, 4.69) is 30.9 Å². The van der Waals surface area contributed by atoms with E-state index in [-0.39, 0.29) is 25.3 Å². The van der Waals surface area contributed by atoms with Gasteiger partial charge in [0.05, 0.1) is 12.4 Å². The fraction of sp³-hybridized carbons (Fsp3) is 0.619. The van der Waals surface area contributed by atoms with E-state index in [1.54, 1.807) is 0 Å². The minimum atomic E-state index is -1.25. The molecule has 15 nitrogen and oxygen atoms in total. The van der Waals surface area contributed by atoms with E-state index in [0.29, 0.717) is 31.5 Å². The zero-order valence-electron chi connectivity index (χ0n) is 20.4. The molecule has 0 radical (unpaired) electrons. The molecule has 1 aromatic rings. The Hall–Kier alpha value is -3.72. The molecule has 0 aromatic carbocycles. The van der Waals surface area contributed by atoms with Gasteiger partial charge in [-0.15, -0.1) is 0 Å². The Morgan fingerprint density at radius 1 is 1.03 bits per heavy atom. The van der Waals surface area contributed by atoms with Gasteiger partial charge in [0.2, 0.25) is 17.7 Å². The van der Waals surface area contributed by atoms with Crippen molar-refractivity contribution in [3.8, 4) is 0 Å². The van der Waals surface area contributed by atoms with Crippen LogP contribution in [0.25, 0.3) is 0 Å². The quantitative estimate of drug-likeness (QED) is 0.0582. The van der Waals surface area contributed by atoms with Gasteiger partial charge in [0.25, 0.3) is 0 Å². The highest BCUT2D eigenvalue weighted by Gasteiger charge is 2.29. The molecular weight excluding hydrogens is 472 g/mol. The Morgan fingerprint density at radius 3 is 2.31 bits per heavy atom. The molecule has 13 N–H and O–H groups in total. The lowest BCUT2D eigenvalue weighted by molar-refractivity contribution is -0.142. The summed E-state index contributed by atoms with van der Waals surface area (Å²) in [5, 5.41) is 17.0. The summed E-state index contributed by atoms with van der Waals surface area (Å²) < 4.78 is 0. The van der Waals surface area contributed by atoms with Crippen molar-refractivity contribution >= 4 is 29.7 Å². The van der Waals surface area contributed by atoms with Gasteiger partial charge in [-0.1, -0.05) is 6.42 Å². The maximum Gasteiger partial charge on any atom is 0.326 e. The van der Waals surface area contributed by atoms with E-state index < -0.39 is 47.9 Å². The molecule has 0 bridgehead atoms. The van der Waals surface area contributed by atoms with Crippen molar-refractivity contribution in [1.82, 2.24) is 25.9 Å². The predicted molar refractivity (Wildman–Crippen MR) is 132 cm³/mol. The summed E-state index contributed by atoms with van der Waals surface area (Å²) in [6, 6.07) is -4.16. The van der Waals surface area contributed by atoms with Crippen LogP contribution in [0.4, 0.5) is 0 Å². The molecule has 0 aliphatic rings. The number of carboxylic acid groups (broad SMARTS) is 1. The van der Waals surface area contributed by atoms with E-state index in [1.807, 2.05) is 0 Å². The summed E-state index contributed by atoms with van der Waals surface area (Å²) in [4.78, 5) is 60.1. The van der Waals surface area contributed by atoms with Gasteiger partial charge in [0.15, 0.2) is 5.96 Å². The van der Waals surface area contributed by atoms with E-state index in [9.17, 15) is 24.3 Å². The number of H-pyrrole nitrogens is 1. The average molecular weight is 511 g/mol. The SMILES string of the molecule is CC(NC(=O)C(N)CCCCN)C(=O)NC(Cc1cnc[nH]1)C(=O)NC(CCCN=C(N)N)C(=O)O. The number of nitrogens with zero attached hydrogens (tertiary/aromatic N) is 2. The van der Waals surface area contributed by atoms with Crippen molar-refractivity contribution in [3.05, 3.63) is 18.2 Å². The highest BCUT2D eigenvalue weighted by Crippen LogP contribution is 2.04. The molecule has 0 aliphatic heterocycles. The van der Waals surface area contributed by atoms with Crippen LogP contribution in [0.15, 0.2) is 17.5 Å². The zero-order valence-corrected chi connectivity index (χ0v) is 20.4. The lowest BCUT2D eigenvalue weighted by atomic mass is 10.1. The third kappa shape index (κ3) is 11.6. The van der Waals surface area contributed by atoms with E-state index in [1.165, 1.54) is 19.4 Å². The first kappa shape index (κ1) is 30.3. The number of nitrogens with two attached hydrogens (primary N) is 4. The third-order valence-electron chi connectivity index (χ3n) is 5.23. The van der Waals surface area contributed by atoms with Crippen molar-refractivity contribution in [2.45, 2.75) is 69.6 Å². The van der Waals surface area contributed by atoms with Gasteiger partial charge in [-0.3, -0.25) is 19.4 Å². The molecule has 3 amide bonds. The smallest absolute Gasteiger partial charge is 0.326 e. The van der Waals surface area contributed by atoms with Crippen LogP contribution in [-0.4, -0.2) is 82.0 Å². The van der Waals surface area contributed by atoms with Crippen LogP contribution >= 0.6 is 0 Å². The van der Waals surface area contributed by atoms with Crippen LogP contribution in [-0.2, 0) is 25.6 Å². The molecule has 0 aliphatic carbocycles. The van der Waals surface area contributed by atoms with Gasteiger partial charge < -0.3 is 49.0 Å². The number of aromatic amines is 1. The molecular formula is C21H38N10O5. The molecule has 15 heteroatoms. The summed E-state index contributed by atoms with van der Waals surface area (Å²) >= 11 is 0. The normalized spacial score (nSPS) is 14.1. The van der Waals surface area contributed by atoms with Gasteiger partial charge in [-0.05, 0) is 39.2 Å². The molecule has 0 saturated heterocycles. The molecule has 0 saturated carbocycles. The fourth-order valence-corrected chi connectivity index (χ4v) is 3.18. The number of aliphatic carboxylic acids is 1. The molecule has 0 fully saturated rings. The number of carbonyl (C=O) groups is 4. The number of guanidine groups is 1. The van der Waals surface area contributed by atoms with Crippen LogP contribution in [0.3, 0.4) is 0 Å². The largest absolute Gasteiger partial charge is 0.480 e. The monoisotopic (exact) mass is 510 g/mol. The lowest BCUT2D eigenvalue weighted by Gasteiger charge is -2.23. The highest BCUT2D eigenvalue weighted by atomic mass is 16.4. The second kappa shape index (κ2) is 16.0. The molecule has 4 atom stereocenters. The van der Waals surface area contributed by atoms with Gasteiger partial charge >= 0.3 is 5.97 Å². The lowest BCUT2D eigenvalue weighted by Crippen LogP contribution is -2.57. The third-order valence-corrected chi connectivity index (χ3v) is 5.23. The predicted octanol–water partition coefficient (Wildman–Crippen LogP) is -2.98. The van der Waals surface area contributed by atoms with Gasteiger partial charge in [-0.2, -0.15) is 0 Å². The van der Waals surface area contributed by atoms with Gasteiger partial charge in [0, 0.05) is 24.9 Å². The number of hydrogen-bond acceptors (Lipinski definition) is 8. The van der Waals surface area contributed by atoms with Gasteiger partial charge in [0.1, 0.15) is 18.1 Å². The minimum absolute atomic E-state index is 0.0111. The average Bonchev–Trinajstić information content (AvgIpc) is 3.33. The first-order valence-corrected chi connectivity index (χ1v) is 11.7. The van der Waals surface area contributed by atoms with Crippen molar-refractivity contribution in [1.29, 1.82) is 0 Å². The first-order valence-electron chi connectivity index (χ1n) is 11.7. The number of aromatic nitrogens is 2. The van der Waals surface area contributed by atoms with E-state index in [0.717, 1.165) is 6.42 Å². The number of amides is 3. The fourth-order valence-electron chi connectivity index (χ4n) is 3.18. The van der Waals surface area contributed by atoms with Crippen LogP contribution in [0, 0.1) is 0 Å². The van der Waals surface area contributed by atoms with Gasteiger partial charge in [-0.25, -0.2) is 9.78 Å². The maximum absolute atomic E-state index is 13.0. The summed E-state index contributed by atoms with van der Waals surface area (Å²) in [7, 11) is 0. The topological polar surface area (TPSA) is 270 Å². The van der Waals surface area contributed by atoms with Crippen LogP contribution < -0.4 is 38.9 Å². The molecule has 202 valence electrons. The Morgan fingerprint density at radius 2 is 1.72 bits per heavy atom. The van der Waals surface area contributed by atoms with Crippen molar-refractivity contribution < 1.29 is 24.3 Å². The maximum atomic E-state index is 13.0. The summed E-state index contributed by atoms with van der Waals surface area (Å²) in [6.07, 6.45) is 5.09. The van der Waals surface area contributed by atoms with Crippen molar-refractivity contribution in [2.24, 2.45) is 27.9 Å². The van der Waals surface area contributed by atoms with Crippen molar-refractivity contribution in [2.75, 3.05) is 13.1 Å². The second-order valence-corrected chi connectivity index (χ2v) is 8.31.